The van der Waals surface area contributed by atoms with Crippen LogP contribution < -0.4 is 9.47 Å². The van der Waals surface area contributed by atoms with Crippen molar-refractivity contribution in [2.24, 2.45) is 0 Å². The van der Waals surface area contributed by atoms with E-state index in [-0.39, 0.29) is 10.8 Å². The van der Waals surface area contributed by atoms with Crippen LogP contribution in [-0.2, 0) is 0 Å². The summed E-state index contributed by atoms with van der Waals surface area (Å²) in [5, 5.41) is 9.08. The summed E-state index contributed by atoms with van der Waals surface area (Å²) in [5.41, 5.74) is 0.393. The van der Waals surface area contributed by atoms with Crippen LogP contribution in [0.2, 0.25) is 5.02 Å². The highest BCUT2D eigenvalue weighted by Gasteiger charge is 2.16. The lowest BCUT2D eigenvalue weighted by atomic mass is 10.2. The lowest BCUT2D eigenvalue weighted by Gasteiger charge is -2.15. The van der Waals surface area contributed by atoms with E-state index < -0.39 is 6.10 Å². The van der Waals surface area contributed by atoms with Gasteiger partial charge in [-0.3, -0.25) is 4.79 Å². The number of hydrogen-bond donors (Lipinski definition) is 0. The number of benzene rings is 1. The highest BCUT2D eigenvalue weighted by Crippen LogP contribution is 2.36. The van der Waals surface area contributed by atoms with E-state index in [9.17, 15) is 4.79 Å². The first kappa shape index (κ1) is 13.3. The van der Waals surface area contributed by atoms with E-state index >= 15 is 0 Å². The molecular formula is C12H12ClNO3. The largest absolute Gasteiger partial charge is 0.493 e. The Labute approximate surface area is 105 Å². The van der Waals surface area contributed by atoms with Gasteiger partial charge < -0.3 is 9.47 Å². The smallest absolute Gasteiger partial charge is 0.184 e. The Bertz CT molecular complexity index is 454. The number of nitriles is 1. The SMILES string of the molecule is CCC(C#N)Oc1c(Cl)cc(C=O)cc1OC. The maximum absolute atomic E-state index is 10.7. The lowest BCUT2D eigenvalue weighted by Crippen LogP contribution is -2.13. The van der Waals surface area contributed by atoms with E-state index in [1.165, 1.54) is 19.2 Å². The average molecular weight is 254 g/mol. The third-order valence-electron chi connectivity index (χ3n) is 2.16. The zero-order valence-corrected chi connectivity index (χ0v) is 10.3. The highest BCUT2D eigenvalue weighted by atomic mass is 35.5. The van der Waals surface area contributed by atoms with Crippen LogP contribution in [0.5, 0.6) is 11.5 Å². The molecule has 0 aliphatic carbocycles. The quantitative estimate of drug-likeness (QED) is 0.757. The van der Waals surface area contributed by atoms with Crippen LogP contribution in [0.3, 0.4) is 0 Å². The van der Waals surface area contributed by atoms with Crippen LogP contribution in [0.25, 0.3) is 0 Å². The minimum Gasteiger partial charge on any atom is -0.493 e. The first-order chi connectivity index (χ1) is 8.15. The molecule has 1 aromatic carbocycles. The van der Waals surface area contributed by atoms with E-state index in [1.54, 1.807) is 0 Å². The number of hydrogen-bond acceptors (Lipinski definition) is 4. The van der Waals surface area contributed by atoms with Crippen LogP contribution in [0.15, 0.2) is 12.1 Å². The predicted octanol–water partition coefficient (Wildman–Crippen LogP) is 2.84. The molecule has 1 atom stereocenters. The van der Waals surface area contributed by atoms with Gasteiger partial charge in [-0.2, -0.15) is 5.26 Å². The van der Waals surface area contributed by atoms with Gasteiger partial charge >= 0.3 is 0 Å². The maximum Gasteiger partial charge on any atom is 0.184 e. The van der Waals surface area contributed by atoms with Gasteiger partial charge in [0.15, 0.2) is 17.6 Å². The van der Waals surface area contributed by atoms with Crippen LogP contribution in [0, 0.1) is 11.3 Å². The van der Waals surface area contributed by atoms with Crippen molar-refractivity contribution in [1.82, 2.24) is 0 Å². The number of ether oxygens (including phenoxy) is 2. The number of carbonyl (C=O) groups excluding carboxylic acids is 1. The molecule has 90 valence electrons. The van der Waals surface area contributed by atoms with Crippen molar-refractivity contribution in [1.29, 1.82) is 5.26 Å². The zero-order valence-electron chi connectivity index (χ0n) is 9.57. The van der Waals surface area contributed by atoms with Crippen molar-refractivity contribution in [3.8, 4) is 17.6 Å². The van der Waals surface area contributed by atoms with E-state index in [0.717, 1.165) is 0 Å². The summed E-state index contributed by atoms with van der Waals surface area (Å²) in [5.74, 6) is 0.626. The molecule has 17 heavy (non-hydrogen) atoms. The van der Waals surface area contributed by atoms with Crippen LogP contribution in [-0.4, -0.2) is 19.5 Å². The maximum atomic E-state index is 10.7. The van der Waals surface area contributed by atoms with Gasteiger partial charge in [-0.25, -0.2) is 0 Å². The first-order valence-corrected chi connectivity index (χ1v) is 5.43. The predicted molar refractivity (Wildman–Crippen MR) is 63.7 cm³/mol. The molecule has 1 rings (SSSR count). The molecule has 0 saturated heterocycles. The fraction of sp³-hybridized carbons (Fsp3) is 0.333. The third kappa shape index (κ3) is 3.11. The summed E-state index contributed by atoms with van der Waals surface area (Å²) in [4.78, 5) is 10.7. The van der Waals surface area contributed by atoms with E-state index in [0.29, 0.717) is 24.0 Å². The Balaban J connectivity index is 3.14. The number of aldehydes is 1. The molecule has 4 nitrogen and oxygen atoms in total. The van der Waals surface area contributed by atoms with Crippen molar-refractivity contribution < 1.29 is 14.3 Å². The van der Waals surface area contributed by atoms with Crippen molar-refractivity contribution in [2.75, 3.05) is 7.11 Å². The summed E-state index contributed by atoms with van der Waals surface area (Å²) < 4.78 is 10.5. The molecule has 0 bridgehead atoms. The topological polar surface area (TPSA) is 59.3 Å². The Hall–Kier alpha value is -1.73. The lowest BCUT2D eigenvalue weighted by molar-refractivity contribution is 0.112. The molecule has 5 heteroatoms. The molecule has 0 amide bonds. The van der Waals surface area contributed by atoms with E-state index in [4.69, 9.17) is 26.3 Å². The molecule has 1 unspecified atom stereocenters. The first-order valence-electron chi connectivity index (χ1n) is 5.05. The molecule has 0 radical (unpaired) electrons. The minimum absolute atomic E-state index is 0.250. The molecule has 0 aliphatic rings. The van der Waals surface area contributed by atoms with E-state index in [1.807, 2.05) is 13.0 Å². The summed E-state index contributed by atoms with van der Waals surface area (Å²) >= 11 is 5.98. The molecule has 0 saturated carbocycles. The highest BCUT2D eigenvalue weighted by molar-refractivity contribution is 6.32. The van der Waals surface area contributed by atoms with Crippen molar-refractivity contribution in [3.63, 3.8) is 0 Å². The Kier molecular flexibility index (Phi) is 4.80. The van der Waals surface area contributed by atoms with Crippen molar-refractivity contribution >= 4 is 17.9 Å². The Morgan fingerprint density at radius 1 is 1.59 bits per heavy atom. The fourth-order valence-corrected chi connectivity index (χ4v) is 1.53. The van der Waals surface area contributed by atoms with Gasteiger partial charge in [-0.05, 0) is 18.6 Å². The molecule has 1 aromatic rings. The van der Waals surface area contributed by atoms with Crippen molar-refractivity contribution in [3.05, 3.63) is 22.7 Å². The number of rotatable bonds is 5. The Morgan fingerprint density at radius 3 is 2.76 bits per heavy atom. The monoisotopic (exact) mass is 253 g/mol. The van der Waals surface area contributed by atoms with Gasteiger partial charge in [-0.1, -0.05) is 18.5 Å². The zero-order chi connectivity index (χ0) is 12.8. The molecule has 0 aliphatic heterocycles. The second-order valence-electron chi connectivity index (χ2n) is 3.30. The normalized spacial score (nSPS) is 11.4. The number of halogens is 1. The van der Waals surface area contributed by atoms with Gasteiger partial charge in [0.05, 0.1) is 12.1 Å². The van der Waals surface area contributed by atoms with Crippen LogP contribution in [0.4, 0.5) is 0 Å². The van der Waals surface area contributed by atoms with Gasteiger partial charge in [0, 0.05) is 5.56 Å². The van der Waals surface area contributed by atoms with E-state index in [2.05, 4.69) is 0 Å². The second kappa shape index (κ2) is 6.12. The summed E-state index contributed by atoms with van der Waals surface area (Å²) in [7, 11) is 1.44. The standard InChI is InChI=1S/C12H12ClNO3/c1-3-9(6-14)17-12-10(13)4-8(7-15)5-11(12)16-2/h4-5,7,9H,3H2,1-2H3. The molecule has 0 heterocycles. The summed E-state index contributed by atoms with van der Waals surface area (Å²) in [6.07, 6.45) is 0.606. The van der Waals surface area contributed by atoms with Crippen LogP contribution >= 0.6 is 11.6 Å². The fourth-order valence-electron chi connectivity index (χ4n) is 1.27. The average Bonchev–Trinajstić information content (AvgIpc) is 2.36. The minimum atomic E-state index is -0.594. The molecule has 0 N–H and O–H groups in total. The van der Waals surface area contributed by atoms with Crippen molar-refractivity contribution in [2.45, 2.75) is 19.4 Å². The summed E-state index contributed by atoms with van der Waals surface area (Å²) in [6.45, 7) is 1.83. The number of carbonyl (C=O) groups is 1. The molecule has 0 aromatic heterocycles. The van der Waals surface area contributed by atoms with Gasteiger partial charge in [-0.15, -0.1) is 0 Å². The van der Waals surface area contributed by atoms with Crippen LogP contribution in [0.1, 0.15) is 23.7 Å². The molecular weight excluding hydrogens is 242 g/mol. The molecule has 0 spiro atoms. The third-order valence-corrected chi connectivity index (χ3v) is 2.44. The number of nitrogens with zero attached hydrogens (tertiary/aromatic N) is 1. The summed E-state index contributed by atoms with van der Waals surface area (Å²) in [6, 6.07) is 4.98. The molecule has 0 fully saturated rings. The Morgan fingerprint density at radius 2 is 2.29 bits per heavy atom. The second-order valence-corrected chi connectivity index (χ2v) is 3.70. The van der Waals surface area contributed by atoms with Gasteiger partial charge in [0.1, 0.15) is 12.4 Å². The van der Waals surface area contributed by atoms with Gasteiger partial charge in [0.25, 0.3) is 0 Å². The number of methoxy groups -OCH3 is 1. The van der Waals surface area contributed by atoms with Gasteiger partial charge in [0.2, 0.25) is 0 Å².